The standard InChI is InChI=1S/C19H17BrN2O.ClH/c20-18-4-2-1-3-14(18)9-22-10-15-12-23-19-6-5-13(8-21)7-16(19)17(15)11-22;/h1-7,15,17H,9-12H2;1H/t15-,17+;/m1./s1. The highest BCUT2D eigenvalue weighted by atomic mass is 79.9. The first kappa shape index (κ1) is 17.3. The highest BCUT2D eigenvalue weighted by molar-refractivity contribution is 9.10. The Labute approximate surface area is 156 Å². The number of halogens is 2. The van der Waals surface area contributed by atoms with E-state index >= 15 is 0 Å². The molecule has 0 radical (unpaired) electrons. The third-order valence-corrected chi connectivity index (χ3v) is 5.63. The number of nitrogens with zero attached hydrogens (tertiary/aromatic N) is 2. The van der Waals surface area contributed by atoms with Crippen molar-refractivity contribution in [2.75, 3.05) is 19.7 Å². The molecule has 0 aromatic heterocycles. The summed E-state index contributed by atoms with van der Waals surface area (Å²) >= 11 is 3.64. The molecule has 24 heavy (non-hydrogen) atoms. The summed E-state index contributed by atoms with van der Waals surface area (Å²) in [5, 5.41) is 9.15. The van der Waals surface area contributed by atoms with Crippen LogP contribution in [0.2, 0.25) is 0 Å². The van der Waals surface area contributed by atoms with Gasteiger partial charge in [0.2, 0.25) is 0 Å². The molecule has 5 heteroatoms. The number of ether oxygens (including phenoxy) is 1. The molecule has 4 rings (SSSR count). The fourth-order valence-corrected chi connectivity index (χ4v) is 4.12. The lowest BCUT2D eigenvalue weighted by atomic mass is 9.86. The molecule has 0 saturated carbocycles. The predicted molar refractivity (Wildman–Crippen MR) is 99.6 cm³/mol. The first-order valence-electron chi connectivity index (χ1n) is 7.87. The van der Waals surface area contributed by atoms with E-state index < -0.39 is 0 Å². The second-order valence-electron chi connectivity index (χ2n) is 6.33. The zero-order chi connectivity index (χ0) is 15.8. The topological polar surface area (TPSA) is 36.3 Å². The van der Waals surface area contributed by atoms with Gasteiger partial charge in [-0.05, 0) is 29.8 Å². The van der Waals surface area contributed by atoms with Crippen molar-refractivity contribution < 1.29 is 4.74 Å². The molecule has 2 atom stereocenters. The monoisotopic (exact) mass is 404 g/mol. The van der Waals surface area contributed by atoms with Crippen LogP contribution in [-0.2, 0) is 6.54 Å². The van der Waals surface area contributed by atoms with Crippen LogP contribution in [0, 0.1) is 17.2 Å². The Morgan fingerprint density at radius 3 is 2.83 bits per heavy atom. The molecule has 124 valence electrons. The molecular formula is C19H18BrClN2O. The van der Waals surface area contributed by atoms with Gasteiger partial charge in [0.05, 0.1) is 18.2 Å². The molecule has 2 heterocycles. The van der Waals surface area contributed by atoms with Crippen LogP contribution < -0.4 is 4.74 Å². The van der Waals surface area contributed by atoms with Crippen molar-refractivity contribution in [1.82, 2.24) is 4.90 Å². The van der Waals surface area contributed by atoms with E-state index in [-0.39, 0.29) is 12.4 Å². The van der Waals surface area contributed by atoms with Gasteiger partial charge in [0.25, 0.3) is 0 Å². The number of hydrogen-bond donors (Lipinski definition) is 0. The third kappa shape index (κ3) is 3.17. The normalized spacial score (nSPS) is 21.8. The fraction of sp³-hybridized carbons (Fsp3) is 0.316. The number of likely N-dealkylation sites (tertiary alicyclic amines) is 1. The second kappa shape index (κ2) is 7.14. The summed E-state index contributed by atoms with van der Waals surface area (Å²) in [6, 6.07) is 16.4. The molecule has 0 spiro atoms. The van der Waals surface area contributed by atoms with Crippen molar-refractivity contribution in [1.29, 1.82) is 5.26 Å². The summed E-state index contributed by atoms with van der Waals surface area (Å²) in [7, 11) is 0. The SMILES string of the molecule is Cl.N#Cc1ccc2c(c1)[C@H]1CN(Cc3ccccc3Br)C[C@@H]1CO2. The van der Waals surface area contributed by atoms with Gasteiger partial charge < -0.3 is 4.74 Å². The average molecular weight is 406 g/mol. The van der Waals surface area contributed by atoms with Gasteiger partial charge in [0.15, 0.2) is 0 Å². The lowest BCUT2D eigenvalue weighted by Crippen LogP contribution is -2.25. The van der Waals surface area contributed by atoms with E-state index in [1.165, 1.54) is 15.6 Å². The molecule has 0 N–H and O–H groups in total. The van der Waals surface area contributed by atoms with Gasteiger partial charge in [-0.25, -0.2) is 0 Å². The van der Waals surface area contributed by atoms with E-state index in [2.05, 4.69) is 45.1 Å². The molecule has 0 aliphatic carbocycles. The van der Waals surface area contributed by atoms with Crippen LogP contribution in [0.25, 0.3) is 0 Å². The summed E-state index contributed by atoms with van der Waals surface area (Å²) in [6.07, 6.45) is 0. The summed E-state index contributed by atoms with van der Waals surface area (Å²) in [6.45, 7) is 3.79. The quantitative estimate of drug-likeness (QED) is 0.745. The molecule has 2 aliphatic heterocycles. The van der Waals surface area contributed by atoms with Gasteiger partial charge in [-0.15, -0.1) is 12.4 Å². The van der Waals surface area contributed by atoms with Crippen LogP contribution in [0.15, 0.2) is 46.9 Å². The van der Waals surface area contributed by atoms with Crippen LogP contribution in [0.4, 0.5) is 0 Å². The van der Waals surface area contributed by atoms with E-state index in [0.29, 0.717) is 11.8 Å². The molecular weight excluding hydrogens is 388 g/mol. The smallest absolute Gasteiger partial charge is 0.122 e. The Kier molecular flexibility index (Phi) is 5.15. The van der Waals surface area contributed by atoms with Crippen molar-refractivity contribution in [3.63, 3.8) is 0 Å². The highest BCUT2D eigenvalue weighted by Gasteiger charge is 2.38. The van der Waals surface area contributed by atoms with Gasteiger partial charge in [-0.2, -0.15) is 5.26 Å². The van der Waals surface area contributed by atoms with Crippen LogP contribution in [-0.4, -0.2) is 24.6 Å². The lowest BCUT2D eigenvalue weighted by molar-refractivity contribution is 0.212. The summed E-state index contributed by atoms with van der Waals surface area (Å²) in [4.78, 5) is 2.49. The van der Waals surface area contributed by atoms with Gasteiger partial charge in [-0.1, -0.05) is 34.1 Å². The first-order chi connectivity index (χ1) is 11.2. The van der Waals surface area contributed by atoms with Crippen molar-refractivity contribution in [3.8, 4) is 11.8 Å². The Balaban J connectivity index is 0.00000169. The Hall–Kier alpha value is -1.54. The highest BCUT2D eigenvalue weighted by Crippen LogP contribution is 2.42. The largest absolute Gasteiger partial charge is 0.493 e. The Morgan fingerprint density at radius 1 is 1.21 bits per heavy atom. The zero-order valence-corrected chi connectivity index (χ0v) is 15.5. The van der Waals surface area contributed by atoms with E-state index in [0.717, 1.165) is 37.6 Å². The molecule has 2 aromatic rings. The molecule has 1 fully saturated rings. The number of benzene rings is 2. The van der Waals surface area contributed by atoms with Crippen molar-refractivity contribution in [2.24, 2.45) is 5.92 Å². The Morgan fingerprint density at radius 2 is 2.04 bits per heavy atom. The second-order valence-corrected chi connectivity index (χ2v) is 7.18. The minimum atomic E-state index is 0. The minimum absolute atomic E-state index is 0. The average Bonchev–Trinajstić information content (AvgIpc) is 2.99. The van der Waals surface area contributed by atoms with Crippen LogP contribution >= 0.6 is 28.3 Å². The van der Waals surface area contributed by atoms with Gasteiger partial charge in [-0.3, -0.25) is 4.90 Å². The molecule has 3 nitrogen and oxygen atoms in total. The molecule has 2 aliphatic rings. The van der Waals surface area contributed by atoms with Gasteiger partial charge >= 0.3 is 0 Å². The fourth-order valence-electron chi connectivity index (χ4n) is 3.71. The predicted octanol–water partition coefficient (Wildman–Crippen LogP) is 4.35. The maximum atomic E-state index is 9.15. The van der Waals surface area contributed by atoms with Crippen LogP contribution in [0.3, 0.4) is 0 Å². The number of nitriles is 1. The van der Waals surface area contributed by atoms with Gasteiger partial charge in [0, 0.05) is 41.5 Å². The van der Waals surface area contributed by atoms with Crippen LogP contribution in [0.5, 0.6) is 5.75 Å². The molecule has 0 unspecified atom stereocenters. The zero-order valence-electron chi connectivity index (χ0n) is 13.1. The van der Waals surface area contributed by atoms with Crippen molar-refractivity contribution in [3.05, 3.63) is 63.6 Å². The minimum Gasteiger partial charge on any atom is -0.493 e. The van der Waals surface area contributed by atoms with E-state index in [1.54, 1.807) is 0 Å². The summed E-state index contributed by atoms with van der Waals surface area (Å²) in [5.41, 5.74) is 3.24. The molecule has 0 amide bonds. The Bertz CT molecular complexity index is 789. The molecule has 1 saturated heterocycles. The van der Waals surface area contributed by atoms with Crippen molar-refractivity contribution in [2.45, 2.75) is 12.5 Å². The summed E-state index contributed by atoms with van der Waals surface area (Å²) in [5.74, 6) is 1.93. The molecule has 2 aromatic carbocycles. The van der Waals surface area contributed by atoms with E-state index in [4.69, 9.17) is 10.00 Å². The lowest BCUT2D eigenvalue weighted by Gasteiger charge is -2.27. The maximum Gasteiger partial charge on any atom is 0.122 e. The number of hydrogen-bond acceptors (Lipinski definition) is 3. The first-order valence-corrected chi connectivity index (χ1v) is 8.66. The van der Waals surface area contributed by atoms with Crippen molar-refractivity contribution >= 4 is 28.3 Å². The number of fused-ring (bicyclic) bond motifs is 3. The number of rotatable bonds is 2. The van der Waals surface area contributed by atoms with E-state index in [1.807, 2.05) is 24.3 Å². The third-order valence-electron chi connectivity index (χ3n) is 4.86. The van der Waals surface area contributed by atoms with E-state index in [9.17, 15) is 0 Å². The van der Waals surface area contributed by atoms with Crippen LogP contribution in [0.1, 0.15) is 22.6 Å². The van der Waals surface area contributed by atoms with Gasteiger partial charge in [0.1, 0.15) is 5.75 Å². The molecule has 0 bridgehead atoms. The maximum absolute atomic E-state index is 9.15. The summed E-state index contributed by atoms with van der Waals surface area (Å²) < 4.78 is 7.08.